The van der Waals surface area contributed by atoms with E-state index in [0.29, 0.717) is 0 Å². The summed E-state index contributed by atoms with van der Waals surface area (Å²) in [4.78, 5) is 18.4. The summed E-state index contributed by atoms with van der Waals surface area (Å²) < 4.78 is 11.9. The Morgan fingerprint density at radius 1 is 0.185 bits per heavy atom. The van der Waals surface area contributed by atoms with Crippen molar-refractivity contribution in [3.63, 3.8) is 0 Å². The average Bonchev–Trinajstić information content (AvgIpc) is 1.57. The smallest absolute Gasteiger partial charge is 0.137 e. The number of H-pyrrole nitrogens is 3. The summed E-state index contributed by atoms with van der Waals surface area (Å²) in [6, 6.07) is 170. The Morgan fingerprint density at radius 2 is 0.519 bits per heavy atom. The lowest BCUT2D eigenvalue weighted by Gasteiger charge is -2.26. The molecule has 0 aliphatic heterocycles. The van der Waals surface area contributed by atoms with Gasteiger partial charge in [0.1, 0.15) is 5.82 Å². The molecule has 10 nitrogen and oxygen atoms in total. The van der Waals surface area contributed by atoms with Gasteiger partial charge in [0.2, 0.25) is 0 Å². The van der Waals surface area contributed by atoms with Crippen LogP contribution in [-0.4, -0.2) is 42.8 Å². The summed E-state index contributed by atoms with van der Waals surface area (Å²) >= 11 is 0. The van der Waals surface area contributed by atoms with E-state index in [0.717, 1.165) is 89.8 Å². The third-order valence-corrected chi connectivity index (χ3v) is 27.6. The van der Waals surface area contributed by atoms with Gasteiger partial charge in [0, 0.05) is 143 Å². The number of nitrogens with one attached hydrogen (secondary N) is 3. The number of hydrogen-bond donors (Lipinski definition) is 3. The summed E-state index contributed by atoms with van der Waals surface area (Å²) in [7, 11) is 0. The van der Waals surface area contributed by atoms with Crippen LogP contribution in [0.5, 0.6) is 0 Å². The van der Waals surface area contributed by atoms with Crippen LogP contribution in [0.3, 0.4) is 0 Å². The molecule has 9 heterocycles. The number of rotatable bonds is 11. The van der Waals surface area contributed by atoms with Crippen molar-refractivity contribution >= 4 is 192 Å². The van der Waals surface area contributed by atoms with Crippen molar-refractivity contribution in [1.82, 2.24) is 42.8 Å². The fraction of sp³-hybridized carbons (Fsp3) is 0. The van der Waals surface area contributed by atoms with Gasteiger partial charge in [-0.2, -0.15) is 0 Å². The number of aromatic nitrogens is 9. The molecule has 0 saturated heterocycles. The quantitative estimate of drug-likeness (QED) is 0.120. The second kappa shape index (κ2) is 31.3. The van der Waals surface area contributed by atoms with Crippen LogP contribution >= 0.6 is 0 Å². The predicted octanol–water partition coefficient (Wildman–Crippen LogP) is 33.3. The molecule has 0 amide bonds. The normalized spacial score (nSPS) is 11.9. The Labute approximate surface area is 775 Å². The van der Waals surface area contributed by atoms with Crippen molar-refractivity contribution in [1.29, 1.82) is 0 Å². The minimum atomic E-state index is 0.922. The molecule has 10 heteroatoms. The number of benzene rings is 20. The van der Waals surface area contributed by atoms with Crippen molar-refractivity contribution in [2.75, 3.05) is 4.90 Å². The van der Waals surface area contributed by atoms with E-state index in [1.807, 2.05) is 18.3 Å². The largest absolute Gasteiger partial charge is 0.354 e. The second-order valence-electron chi connectivity index (χ2n) is 35.1. The SMILES string of the molecule is c1ccc(-n2c3ccccc3c3cc(-c4cc(-n5c6ccccc6c6ccccc65)c5[nH]c6ccccc6c5c4)ccc32)nc1.c1ccc(-n2c3ccccc3c3ccc(-c4cc(-n5c6ccccc6c6ccccc65)cc5c4[nH]c4ccccc45)cc32)cc1.c1ccc(N(c2ccccc2)c2cc(-c3ccc4c5ccccc5n(-c5ccccc5)c4c3)cc3c2[nH]c2ccccc23)cc1. The minimum absolute atomic E-state index is 0.922. The molecule has 0 atom stereocenters. The van der Waals surface area contributed by atoms with Gasteiger partial charge in [-0.1, -0.05) is 291 Å². The van der Waals surface area contributed by atoms with Crippen LogP contribution in [0.15, 0.2) is 479 Å². The second-order valence-corrected chi connectivity index (χ2v) is 35.1. The Hall–Kier alpha value is -18.3. The highest BCUT2D eigenvalue weighted by Gasteiger charge is 2.26. The molecule has 0 aliphatic carbocycles. The molecule has 632 valence electrons. The van der Waals surface area contributed by atoms with E-state index >= 15 is 0 Å². The molecule has 3 N–H and O–H groups in total. The van der Waals surface area contributed by atoms with Gasteiger partial charge in [-0.15, -0.1) is 0 Å². The molecule has 0 spiro atoms. The number of fused-ring (bicyclic) bond motifs is 24. The third kappa shape index (κ3) is 12.5. The molecule has 0 unspecified atom stereocenters. The van der Waals surface area contributed by atoms with Crippen LogP contribution in [0.2, 0.25) is 0 Å². The topological polar surface area (TPSA) is 88.1 Å². The highest BCUT2D eigenvalue weighted by atomic mass is 15.2. The molecule has 135 heavy (non-hydrogen) atoms. The van der Waals surface area contributed by atoms with Gasteiger partial charge >= 0.3 is 0 Å². The van der Waals surface area contributed by atoms with E-state index in [-0.39, 0.29) is 0 Å². The van der Waals surface area contributed by atoms with E-state index in [1.165, 1.54) is 164 Å². The Bertz CT molecular complexity index is 9620. The van der Waals surface area contributed by atoms with E-state index < -0.39 is 0 Å². The van der Waals surface area contributed by atoms with Crippen molar-refractivity contribution in [2.24, 2.45) is 0 Å². The first-order valence-electron chi connectivity index (χ1n) is 46.1. The molecular formula is C125H82N10. The van der Waals surface area contributed by atoms with E-state index in [4.69, 9.17) is 4.98 Å². The minimum Gasteiger partial charge on any atom is -0.354 e. The average molecular weight is 1720 g/mol. The monoisotopic (exact) mass is 1720 g/mol. The fourth-order valence-electron chi connectivity index (χ4n) is 21.7. The Morgan fingerprint density at radius 3 is 1.00 bits per heavy atom. The maximum atomic E-state index is 4.71. The number of pyridine rings is 1. The zero-order valence-electron chi connectivity index (χ0n) is 73.2. The summed E-state index contributed by atoms with van der Waals surface area (Å²) in [5, 5.41) is 19.8. The lowest BCUT2D eigenvalue weighted by Crippen LogP contribution is -2.10. The van der Waals surface area contributed by atoms with Gasteiger partial charge in [-0.25, -0.2) is 4.98 Å². The standard InChI is InChI=1S/C42H27N3.C42H29N3.C41H26N4/c1-2-12-28(13-3-1)44-38-19-9-7-17-33(38)34-23-22-27(24-41(34)44)35-25-29(26-36-30-14-4-8-18-37(30)43-42(35)36)45-39-20-10-5-15-31(39)32-16-6-11-21-40(32)45;1-4-14-31(15-5-1)44(32-16-6-2-7-17-32)41-28-30(26-37-34-20-10-12-22-38(34)43-42(37)41)29-24-25-36-35-21-11-13-23-39(35)45(40(36)27-29)33-18-8-3-9-19-33;1-5-15-34-28(11-1)33-24-27(25-39(41(33)43-34)44-35-16-6-2-12-29(35)30-13-3-7-17-36(30)44)26-20-21-38-32(23-26)31-14-4-8-18-37(31)45(38)40-19-9-10-22-42-40/h1-26,43H;1-28,43H;1-25,43H. The summed E-state index contributed by atoms with van der Waals surface area (Å²) in [5.74, 6) is 0.922. The molecule has 20 aromatic carbocycles. The fourth-order valence-corrected chi connectivity index (χ4v) is 21.7. The van der Waals surface area contributed by atoms with E-state index in [9.17, 15) is 0 Å². The molecular weight excluding hydrogens is 1640 g/mol. The number of nitrogens with zero attached hydrogens (tertiary/aromatic N) is 7. The van der Waals surface area contributed by atoms with Gasteiger partial charge in [-0.3, -0.25) is 4.57 Å². The van der Waals surface area contributed by atoms with Gasteiger partial charge in [-0.05, 0) is 210 Å². The van der Waals surface area contributed by atoms with Crippen LogP contribution in [-0.2, 0) is 0 Å². The third-order valence-electron chi connectivity index (χ3n) is 27.6. The van der Waals surface area contributed by atoms with E-state index in [2.05, 4.69) is 504 Å². The van der Waals surface area contributed by atoms with Crippen molar-refractivity contribution in [3.8, 4) is 61.9 Å². The maximum Gasteiger partial charge on any atom is 0.137 e. The van der Waals surface area contributed by atoms with Crippen molar-refractivity contribution < 1.29 is 0 Å². The molecule has 29 aromatic rings. The highest BCUT2D eigenvalue weighted by Crippen LogP contribution is 2.49. The molecule has 0 fully saturated rings. The summed E-state index contributed by atoms with van der Waals surface area (Å²) in [6.07, 6.45) is 1.86. The lowest BCUT2D eigenvalue weighted by atomic mass is 9.99. The number of para-hydroxylation sites is 14. The summed E-state index contributed by atoms with van der Waals surface area (Å²) in [5.41, 5.74) is 33.8. The van der Waals surface area contributed by atoms with E-state index in [1.54, 1.807) is 0 Å². The van der Waals surface area contributed by atoms with Gasteiger partial charge in [0.05, 0.1) is 83.1 Å². The predicted molar refractivity (Wildman–Crippen MR) is 568 cm³/mol. The highest BCUT2D eigenvalue weighted by molar-refractivity contribution is 6.21. The zero-order valence-corrected chi connectivity index (χ0v) is 73.2. The van der Waals surface area contributed by atoms with Gasteiger partial charge in [0.15, 0.2) is 0 Å². The van der Waals surface area contributed by atoms with Crippen LogP contribution in [0, 0.1) is 0 Å². The van der Waals surface area contributed by atoms with Crippen LogP contribution in [0.1, 0.15) is 0 Å². The number of hydrogen-bond acceptors (Lipinski definition) is 2. The molecule has 9 aromatic heterocycles. The van der Waals surface area contributed by atoms with Crippen LogP contribution in [0.4, 0.5) is 17.1 Å². The van der Waals surface area contributed by atoms with Gasteiger partial charge < -0.3 is 38.1 Å². The van der Waals surface area contributed by atoms with Crippen LogP contribution < -0.4 is 4.90 Å². The Balaban J connectivity index is 0.000000103. The lowest BCUT2D eigenvalue weighted by molar-refractivity contribution is 1.08. The first kappa shape index (κ1) is 76.8. The number of aromatic amines is 3. The molecule has 0 bridgehead atoms. The van der Waals surface area contributed by atoms with Crippen molar-refractivity contribution in [2.45, 2.75) is 0 Å². The maximum absolute atomic E-state index is 4.71. The molecule has 0 radical (unpaired) electrons. The molecule has 0 saturated carbocycles. The van der Waals surface area contributed by atoms with Crippen molar-refractivity contribution in [3.05, 3.63) is 479 Å². The van der Waals surface area contributed by atoms with Crippen LogP contribution in [0.25, 0.3) is 236 Å². The summed E-state index contributed by atoms with van der Waals surface area (Å²) in [6.45, 7) is 0. The van der Waals surface area contributed by atoms with Gasteiger partial charge in [0.25, 0.3) is 0 Å². The molecule has 29 rings (SSSR count). The number of anilines is 3. The first-order chi connectivity index (χ1) is 67.0. The first-order valence-corrected chi connectivity index (χ1v) is 46.1. The Kier molecular flexibility index (Phi) is 17.8. The molecule has 0 aliphatic rings. The zero-order chi connectivity index (χ0) is 88.7.